The van der Waals surface area contributed by atoms with Crippen LogP contribution in [0.25, 0.3) is 0 Å². The number of carbonyl (C=O) groups is 1. The Kier molecular flexibility index (Phi) is 3.81. The quantitative estimate of drug-likeness (QED) is 0.736. The molecule has 3 aliphatic rings. The number of nitrogens with one attached hydrogen (secondary N) is 1. The zero-order chi connectivity index (χ0) is 13.4. The number of nitrogens with zero attached hydrogens (tertiary/aromatic N) is 1. The van der Waals surface area contributed by atoms with Gasteiger partial charge < -0.3 is 10.4 Å². The molecule has 0 aromatic heterocycles. The highest BCUT2D eigenvalue weighted by Crippen LogP contribution is 2.47. The highest BCUT2D eigenvalue weighted by Gasteiger charge is 2.44. The lowest BCUT2D eigenvalue weighted by Gasteiger charge is -2.47. The monoisotopic (exact) mass is 266 g/mol. The van der Waals surface area contributed by atoms with Crippen LogP contribution in [-0.2, 0) is 4.79 Å². The van der Waals surface area contributed by atoms with Crippen LogP contribution in [0.5, 0.6) is 0 Å². The van der Waals surface area contributed by atoms with E-state index < -0.39 is 5.97 Å². The first-order valence-corrected chi connectivity index (χ1v) is 7.89. The molecule has 0 heterocycles. The van der Waals surface area contributed by atoms with Gasteiger partial charge in [-0.15, -0.1) is 0 Å². The van der Waals surface area contributed by atoms with E-state index in [1.54, 1.807) is 0 Å². The molecule has 0 saturated heterocycles. The van der Waals surface area contributed by atoms with Gasteiger partial charge in [0.15, 0.2) is 0 Å². The van der Waals surface area contributed by atoms with E-state index in [1.165, 1.54) is 25.7 Å². The van der Waals surface area contributed by atoms with Crippen molar-refractivity contribution < 1.29 is 9.90 Å². The Labute approximate surface area is 115 Å². The fraction of sp³-hybridized carbons (Fsp3) is 0.933. The third-order valence-electron chi connectivity index (χ3n) is 5.38. The number of likely N-dealkylation sites (N-methyl/N-ethyl adjacent to an activating group) is 1. The zero-order valence-corrected chi connectivity index (χ0v) is 11.8. The summed E-state index contributed by atoms with van der Waals surface area (Å²) in [7, 11) is 0. The topological polar surface area (TPSA) is 52.6 Å². The average Bonchev–Trinajstić information content (AvgIpc) is 3.07. The number of hydrogen-bond donors (Lipinski definition) is 2. The Bertz CT molecular complexity index is 337. The van der Waals surface area contributed by atoms with Crippen molar-refractivity contribution in [2.75, 3.05) is 13.1 Å². The lowest BCUT2D eigenvalue weighted by Crippen LogP contribution is -2.58. The second kappa shape index (κ2) is 5.41. The van der Waals surface area contributed by atoms with Crippen LogP contribution < -0.4 is 5.32 Å². The standard InChI is InChI=1S/C15H26N2O2/c1-2-17(9-15(18)19)12-7-11(8-12)16-14-6-5-13(14)10-3-4-10/h10-14,16H,2-9H2,1H3,(H,18,19). The van der Waals surface area contributed by atoms with Crippen molar-refractivity contribution in [1.82, 2.24) is 10.2 Å². The molecule has 2 unspecified atom stereocenters. The molecule has 4 heteroatoms. The molecule has 0 aliphatic heterocycles. The van der Waals surface area contributed by atoms with Crippen LogP contribution in [0.1, 0.15) is 45.4 Å². The predicted molar refractivity (Wildman–Crippen MR) is 74.1 cm³/mol. The van der Waals surface area contributed by atoms with Crippen LogP contribution in [-0.4, -0.2) is 47.2 Å². The molecule has 3 rings (SSSR count). The number of rotatable bonds is 7. The summed E-state index contributed by atoms with van der Waals surface area (Å²) in [6.07, 6.45) is 7.97. The summed E-state index contributed by atoms with van der Waals surface area (Å²) >= 11 is 0. The van der Waals surface area contributed by atoms with Crippen LogP contribution in [0.2, 0.25) is 0 Å². The lowest BCUT2D eigenvalue weighted by atomic mass is 9.74. The van der Waals surface area contributed by atoms with Gasteiger partial charge in [-0.3, -0.25) is 9.69 Å². The summed E-state index contributed by atoms with van der Waals surface area (Å²) in [5.74, 6) is 1.28. The van der Waals surface area contributed by atoms with Gasteiger partial charge in [0.05, 0.1) is 6.54 Å². The van der Waals surface area contributed by atoms with Crippen molar-refractivity contribution >= 4 is 5.97 Å². The number of hydrogen-bond acceptors (Lipinski definition) is 3. The highest BCUT2D eigenvalue weighted by atomic mass is 16.4. The van der Waals surface area contributed by atoms with E-state index in [2.05, 4.69) is 17.1 Å². The molecule has 2 N–H and O–H groups in total. The second-order valence-electron chi connectivity index (χ2n) is 6.63. The molecule has 3 saturated carbocycles. The summed E-state index contributed by atoms with van der Waals surface area (Å²) in [4.78, 5) is 12.9. The van der Waals surface area contributed by atoms with Crippen LogP contribution in [0, 0.1) is 11.8 Å². The van der Waals surface area contributed by atoms with E-state index in [0.29, 0.717) is 12.1 Å². The molecule has 3 fully saturated rings. The van der Waals surface area contributed by atoms with Crippen LogP contribution in [0.15, 0.2) is 0 Å². The molecule has 3 aliphatic carbocycles. The second-order valence-corrected chi connectivity index (χ2v) is 6.63. The van der Waals surface area contributed by atoms with E-state index >= 15 is 0 Å². The van der Waals surface area contributed by atoms with Gasteiger partial charge in [0.1, 0.15) is 0 Å². The third-order valence-corrected chi connectivity index (χ3v) is 5.38. The van der Waals surface area contributed by atoms with Crippen LogP contribution >= 0.6 is 0 Å². The summed E-state index contributed by atoms with van der Waals surface area (Å²) in [6, 6.07) is 1.89. The van der Waals surface area contributed by atoms with E-state index in [0.717, 1.165) is 37.3 Å². The van der Waals surface area contributed by atoms with E-state index in [-0.39, 0.29) is 6.54 Å². The van der Waals surface area contributed by atoms with Gasteiger partial charge >= 0.3 is 5.97 Å². The molecule has 0 aromatic rings. The van der Waals surface area contributed by atoms with Gasteiger partial charge in [-0.2, -0.15) is 0 Å². The molecule has 0 aromatic carbocycles. The Morgan fingerprint density at radius 2 is 2.00 bits per heavy atom. The largest absolute Gasteiger partial charge is 0.480 e. The Morgan fingerprint density at radius 3 is 2.47 bits per heavy atom. The van der Waals surface area contributed by atoms with Crippen molar-refractivity contribution in [1.29, 1.82) is 0 Å². The molecule has 0 bridgehead atoms. The molecule has 0 spiro atoms. The molecule has 2 atom stereocenters. The fourth-order valence-electron chi connectivity index (χ4n) is 3.82. The van der Waals surface area contributed by atoms with Crippen molar-refractivity contribution in [2.45, 2.75) is 63.6 Å². The van der Waals surface area contributed by atoms with Crippen molar-refractivity contribution in [3.63, 3.8) is 0 Å². The predicted octanol–water partition coefficient (Wildman–Crippen LogP) is 1.70. The summed E-state index contributed by atoms with van der Waals surface area (Å²) in [5, 5.41) is 12.7. The average molecular weight is 266 g/mol. The van der Waals surface area contributed by atoms with E-state index in [9.17, 15) is 4.79 Å². The van der Waals surface area contributed by atoms with Gasteiger partial charge in [0, 0.05) is 18.1 Å². The number of carboxylic acid groups (broad SMARTS) is 1. The van der Waals surface area contributed by atoms with Gasteiger partial charge in [-0.25, -0.2) is 0 Å². The maximum Gasteiger partial charge on any atom is 0.317 e. The molecular formula is C15H26N2O2. The van der Waals surface area contributed by atoms with Gasteiger partial charge in [-0.05, 0) is 56.9 Å². The first-order chi connectivity index (χ1) is 9.17. The van der Waals surface area contributed by atoms with Crippen molar-refractivity contribution in [2.24, 2.45) is 11.8 Å². The first-order valence-electron chi connectivity index (χ1n) is 7.89. The molecule has 108 valence electrons. The number of aliphatic carboxylic acids is 1. The van der Waals surface area contributed by atoms with Crippen molar-refractivity contribution in [3.8, 4) is 0 Å². The Balaban J connectivity index is 1.38. The minimum atomic E-state index is -0.703. The van der Waals surface area contributed by atoms with E-state index in [4.69, 9.17) is 5.11 Å². The van der Waals surface area contributed by atoms with Gasteiger partial charge in [-0.1, -0.05) is 6.92 Å². The first kappa shape index (κ1) is 13.4. The Morgan fingerprint density at radius 1 is 1.26 bits per heavy atom. The number of carboxylic acids is 1. The molecule has 0 amide bonds. The van der Waals surface area contributed by atoms with Crippen LogP contribution in [0.3, 0.4) is 0 Å². The molecule has 4 nitrogen and oxygen atoms in total. The van der Waals surface area contributed by atoms with Crippen molar-refractivity contribution in [3.05, 3.63) is 0 Å². The van der Waals surface area contributed by atoms with Gasteiger partial charge in [0.2, 0.25) is 0 Å². The van der Waals surface area contributed by atoms with E-state index in [1.807, 2.05) is 0 Å². The summed E-state index contributed by atoms with van der Waals surface area (Å²) < 4.78 is 0. The fourth-order valence-corrected chi connectivity index (χ4v) is 3.82. The molecular weight excluding hydrogens is 240 g/mol. The SMILES string of the molecule is CCN(CC(=O)O)C1CC(NC2CCC2C2CC2)C1. The smallest absolute Gasteiger partial charge is 0.317 e. The van der Waals surface area contributed by atoms with Gasteiger partial charge in [0.25, 0.3) is 0 Å². The lowest BCUT2D eigenvalue weighted by molar-refractivity contribution is -0.139. The highest BCUT2D eigenvalue weighted by molar-refractivity contribution is 5.69. The third kappa shape index (κ3) is 2.95. The normalized spacial score (nSPS) is 37.8. The maximum atomic E-state index is 10.8. The Hall–Kier alpha value is -0.610. The zero-order valence-electron chi connectivity index (χ0n) is 11.8. The summed E-state index contributed by atoms with van der Waals surface area (Å²) in [6.45, 7) is 3.10. The van der Waals surface area contributed by atoms with Crippen LogP contribution in [0.4, 0.5) is 0 Å². The minimum absolute atomic E-state index is 0.196. The molecule has 19 heavy (non-hydrogen) atoms. The minimum Gasteiger partial charge on any atom is -0.480 e. The molecule has 0 radical (unpaired) electrons. The summed E-state index contributed by atoms with van der Waals surface area (Å²) in [5.41, 5.74) is 0. The maximum absolute atomic E-state index is 10.8.